The van der Waals surface area contributed by atoms with Crippen molar-refractivity contribution in [3.8, 4) is 0 Å². The van der Waals surface area contributed by atoms with Crippen LogP contribution >= 0.6 is 22.7 Å². The number of ketones is 1. The van der Waals surface area contributed by atoms with Gasteiger partial charge in [-0.1, -0.05) is 17.4 Å². The maximum Gasteiger partial charge on any atom is 0.305 e. The second-order valence-corrected chi connectivity index (χ2v) is 5.16. The maximum absolute atomic E-state index is 11.8. The van der Waals surface area contributed by atoms with E-state index in [0.717, 1.165) is 16.2 Å². The summed E-state index contributed by atoms with van der Waals surface area (Å²) in [6, 6.07) is 3.84. The Labute approximate surface area is 94.4 Å². The highest BCUT2D eigenvalue weighted by atomic mass is 32.1. The summed E-state index contributed by atoms with van der Waals surface area (Å²) in [5.74, 6) is 0.0123. The van der Waals surface area contributed by atoms with Gasteiger partial charge in [0.1, 0.15) is 0 Å². The van der Waals surface area contributed by atoms with Crippen LogP contribution in [0.3, 0.4) is 0 Å². The molecule has 0 radical (unpaired) electrons. The molecule has 2 rings (SSSR count). The Morgan fingerprint density at radius 2 is 2.33 bits per heavy atom. The fourth-order valence-electron chi connectivity index (χ4n) is 1.32. The number of aromatic nitrogens is 1. The first-order valence-electron chi connectivity index (χ1n) is 4.42. The molecule has 5 heteroatoms. The monoisotopic (exact) mass is 239 g/mol. The van der Waals surface area contributed by atoms with E-state index in [0.29, 0.717) is 17.0 Å². The smallest absolute Gasteiger partial charge is 0.305 e. The van der Waals surface area contributed by atoms with Gasteiger partial charge < -0.3 is 4.98 Å². The number of thiazole rings is 1. The lowest BCUT2D eigenvalue weighted by Crippen LogP contribution is -2.01. The first-order chi connectivity index (χ1) is 7.16. The van der Waals surface area contributed by atoms with Crippen molar-refractivity contribution in [2.75, 3.05) is 0 Å². The second-order valence-electron chi connectivity index (χ2n) is 3.15. The molecule has 0 aliphatic heterocycles. The molecule has 0 saturated carbocycles. The van der Waals surface area contributed by atoms with E-state index < -0.39 is 0 Å². The number of rotatable bonds is 3. The predicted octanol–water partition coefficient (Wildman–Crippen LogP) is 2.23. The predicted molar refractivity (Wildman–Crippen MR) is 62.0 cm³/mol. The van der Waals surface area contributed by atoms with Gasteiger partial charge in [0.25, 0.3) is 0 Å². The number of aromatic amines is 1. The molecule has 0 aromatic carbocycles. The number of hydrogen-bond acceptors (Lipinski definition) is 4. The molecule has 1 N–H and O–H groups in total. The Morgan fingerprint density at radius 3 is 2.87 bits per heavy atom. The van der Waals surface area contributed by atoms with E-state index in [1.807, 2.05) is 17.5 Å². The van der Waals surface area contributed by atoms with E-state index in [-0.39, 0.29) is 10.7 Å². The zero-order valence-electron chi connectivity index (χ0n) is 8.07. The Kier molecular flexibility index (Phi) is 2.83. The molecule has 0 fully saturated rings. The van der Waals surface area contributed by atoms with Gasteiger partial charge in [-0.2, -0.15) is 0 Å². The minimum Gasteiger partial charge on any atom is -0.316 e. The molecular formula is C10H9NO2S2. The molecule has 15 heavy (non-hydrogen) atoms. The molecule has 0 unspecified atom stereocenters. The van der Waals surface area contributed by atoms with Gasteiger partial charge >= 0.3 is 4.87 Å². The fraction of sp³-hybridized carbons (Fsp3) is 0.200. The number of nitrogens with one attached hydrogen (secondary N) is 1. The summed E-state index contributed by atoms with van der Waals surface area (Å²) in [6.07, 6.45) is 0.381. The van der Waals surface area contributed by atoms with Gasteiger partial charge in [0.15, 0.2) is 5.78 Å². The van der Waals surface area contributed by atoms with Gasteiger partial charge in [-0.3, -0.25) is 9.59 Å². The first kappa shape index (κ1) is 10.3. The Morgan fingerprint density at radius 1 is 1.53 bits per heavy atom. The SMILES string of the molecule is Cc1[nH]c(=O)sc1C(=O)Cc1cccs1. The fourth-order valence-corrected chi connectivity index (χ4v) is 2.81. The summed E-state index contributed by atoms with van der Waals surface area (Å²) in [4.78, 5) is 26.9. The van der Waals surface area contributed by atoms with Gasteiger partial charge in [0, 0.05) is 17.0 Å². The molecule has 0 aliphatic rings. The van der Waals surface area contributed by atoms with E-state index in [1.165, 1.54) is 0 Å². The van der Waals surface area contributed by atoms with Crippen LogP contribution in [0.25, 0.3) is 0 Å². The van der Waals surface area contributed by atoms with Gasteiger partial charge in [0.2, 0.25) is 0 Å². The van der Waals surface area contributed by atoms with Crippen LogP contribution in [-0.2, 0) is 6.42 Å². The normalized spacial score (nSPS) is 10.5. The molecule has 0 amide bonds. The minimum absolute atomic E-state index is 0.0123. The summed E-state index contributed by atoms with van der Waals surface area (Å²) in [5, 5.41) is 1.94. The van der Waals surface area contributed by atoms with Crippen molar-refractivity contribution in [1.82, 2.24) is 4.98 Å². The summed E-state index contributed by atoms with van der Waals surface area (Å²) >= 11 is 2.54. The van der Waals surface area contributed by atoms with Crippen LogP contribution in [0.5, 0.6) is 0 Å². The van der Waals surface area contributed by atoms with Crippen molar-refractivity contribution in [3.05, 3.63) is 42.6 Å². The van der Waals surface area contributed by atoms with Gasteiger partial charge in [-0.05, 0) is 18.4 Å². The molecule has 2 heterocycles. The minimum atomic E-state index is -0.165. The Hall–Kier alpha value is -1.20. The lowest BCUT2D eigenvalue weighted by Gasteiger charge is -1.95. The largest absolute Gasteiger partial charge is 0.316 e. The van der Waals surface area contributed by atoms with Crippen LogP contribution < -0.4 is 4.87 Å². The third-order valence-electron chi connectivity index (χ3n) is 1.99. The summed E-state index contributed by atoms with van der Waals surface area (Å²) in [7, 11) is 0. The van der Waals surface area contributed by atoms with E-state index in [2.05, 4.69) is 4.98 Å². The molecule has 2 aromatic heterocycles. The second kappa shape index (κ2) is 4.12. The lowest BCUT2D eigenvalue weighted by atomic mass is 10.2. The lowest BCUT2D eigenvalue weighted by molar-refractivity contribution is 0.0997. The summed E-state index contributed by atoms with van der Waals surface area (Å²) in [5.41, 5.74) is 0.673. The van der Waals surface area contributed by atoms with Crippen molar-refractivity contribution in [2.24, 2.45) is 0 Å². The van der Waals surface area contributed by atoms with Crippen LogP contribution in [0.2, 0.25) is 0 Å². The van der Waals surface area contributed by atoms with Gasteiger partial charge in [0.05, 0.1) is 4.88 Å². The highest BCUT2D eigenvalue weighted by Crippen LogP contribution is 2.15. The quantitative estimate of drug-likeness (QED) is 0.835. The number of hydrogen-bond donors (Lipinski definition) is 1. The average Bonchev–Trinajstić information content (AvgIpc) is 2.75. The van der Waals surface area contributed by atoms with Crippen molar-refractivity contribution in [3.63, 3.8) is 0 Å². The topological polar surface area (TPSA) is 49.9 Å². The van der Waals surface area contributed by atoms with Crippen molar-refractivity contribution in [2.45, 2.75) is 13.3 Å². The molecule has 2 aromatic rings. The van der Waals surface area contributed by atoms with E-state index >= 15 is 0 Å². The number of aryl methyl sites for hydroxylation is 1. The molecule has 78 valence electrons. The van der Waals surface area contributed by atoms with Gasteiger partial charge in [-0.15, -0.1) is 11.3 Å². The van der Waals surface area contributed by atoms with E-state index in [9.17, 15) is 9.59 Å². The molecule has 3 nitrogen and oxygen atoms in total. The van der Waals surface area contributed by atoms with Crippen molar-refractivity contribution >= 4 is 28.5 Å². The zero-order valence-corrected chi connectivity index (χ0v) is 9.71. The van der Waals surface area contributed by atoms with Crippen molar-refractivity contribution in [1.29, 1.82) is 0 Å². The molecule has 0 bridgehead atoms. The highest BCUT2D eigenvalue weighted by Gasteiger charge is 2.13. The number of thiophene rings is 1. The van der Waals surface area contributed by atoms with Crippen LogP contribution in [0.15, 0.2) is 22.3 Å². The number of Topliss-reactive ketones (excluding diaryl/α,β-unsaturated/α-hetero) is 1. The first-order valence-corrected chi connectivity index (χ1v) is 6.11. The Balaban J connectivity index is 2.22. The summed E-state index contributed by atoms with van der Waals surface area (Å²) < 4.78 is 0. The van der Waals surface area contributed by atoms with Crippen LogP contribution in [-0.4, -0.2) is 10.8 Å². The van der Waals surface area contributed by atoms with Crippen LogP contribution in [0.4, 0.5) is 0 Å². The van der Waals surface area contributed by atoms with Crippen molar-refractivity contribution < 1.29 is 4.79 Å². The number of H-pyrrole nitrogens is 1. The third-order valence-corrected chi connectivity index (χ3v) is 3.89. The Bertz CT molecular complexity index is 522. The van der Waals surface area contributed by atoms with Crippen LogP contribution in [0.1, 0.15) is 20.2 Å². The standard InChI is InChI=1S/C10H9NO2S2/c1-6-9(15-10(13)11-6)8(12)5-7-3-2-4-14-7/h2-4H,5H2,1H3,(H,11,13). The molecule has 0 spiro atoms. The third kappa shape index (κ3) is 2.24. The molecule has 0 atom stereocenters. The molecule has 0 aliphatic carbocycles. The average molecular weight is 239 g/mol. The molecular weight excluding hydrogens is 230 g/mol. The number of carbonyl (C=O) groups is 1. The van der Waals surface area contributed by atoms with E-state index in [1.54, 1.807) is 18.3 Å². The molecule has 0 saturated heterocycles. The van der Waals surface area contributed by atoms with E-state index in [4.69, 9.17) is 0 Å². The summed E-state index contributed by atoms with van der Waals surface area (Å²) in [6.45, 7) is 1.75. The highest BCUT2D eigenvalue weighted by molar-refractivity contribution is 7.12. The number of carbonyl (C=O) groups excluding carboxylic acids is 1. The van der Waals surface area contributed by atoms with Crippen LogP contribution in [0, 0.1) is 6.92 Å². The maximum atomic E-state index is 11.8. The van der Waals surface area contributed by atoms with Gasteiger partial charge in [-0.25, -0.2) is 0 Å². The zero-order chi connectivity index (χ0) is 10.8.